The number of tetrazole rings is 1. The van der Waals surface area contributed by atoms with Crippen LogP contribution in [0.3, 0.4) is 0 Å². The largest absolute Gasteiger partial charge is 0.304 e. The minimum atomic E-state index is -0.178. The highest BCUT2D eigenvalue weighted by Crippen LogP contribution is 2.03. The van der Waals surface area contributed by atoms with Crippen molar-refractivity contribution in [2.24, 2.45) is 0 Å². The molecule has 2 aromatic heterocycles. The number of aromatic nitrogens is 6. The summed E-state index contributed by atoms with van der Waals surface area (Å²) in [6, 6.07) is 0. The maximum absolute atomic E-state index is 11.6. The van der Waals surface area contributed by atoms with Gasteiger partial charge in [-0.3, -0.25) is 4.79 Å². The van der Waals surface area contributed by atoms with Gasteiger partial charge in [0.15, 0.2) is 5.82 Å². The Bertz CT molecular complexity index is 578. The van der Waals surface area contributed by atoms with Crippen LogP contribution in [0.25, 0.3) is 0 Å². The van der Waals surface area contributed by atoms with Crippen LogP contribution in [0.2, 0.25) is 0 Å². The Hall–Kier alpha value is -1.57. The van der Waals surface area contributed by atoms with Crippen molar-refractivity contribution >= 4 is 15.9 Å². The first-order valence-electron chi connectivity index (χ1n) is 5.67. The molecule has 2 aromatic rings. The lowest BCUT2D eigenvalue weighted by molar-refractivity contribution is 0.521. The molecule has 0 fully saturated rings. The molecule has 0 saturated heterocycles. The third kappa shape index (κ3) is 3.00. The summed E-state index contributed by atoms with van der Waals surface area (Å²) in [4.78, 5) is 15.5. The van der Waals surface area contributed by atoms with Crippen LogP contribution in [0, 0.1) is 0 Å². The lowest BCUT2D eigenvalue weighted by Gasteiger charge is -2.06. The predicted molar refractivity (Wildman–Crippen MR) is 68.0 cm³/mol. The molecule has 18 heavy (non-hydrogen) atoms. The van der Waals surface area contributed by atoms with Gasteiger partial charge in [-0.25, -0.2) is 9.67 Å². The van der Waals surface area contributed by atoms with E-state index in [-0.39, 0.29) is 5.56 Å². The molecule has 96 valence electrons. The Morgan fingerprint density at radius 3 is 3.06 bits per heavy atom. The number of hydrogen-bond donors (Lipinski definition) is 0. The van der Waals surface area contributed by atoms with Crippen molar-refractivity contribution in [1.82, 2.24) is 29.8 Å². The molecule has 0 spiro atoms. The third-order valence-electron chi connectivity index (χ3n) is 2.49. The zero-order valence-corrected chi connectivity index (χ0v) is 11.5. The first-order chi connectivity index (χ1) is 8.70. The molecule has 0 aliphatic heterocycles. The first kappa shape index (κ1) is 12.9. The van der Waals surface area contributed by atoms with Crippen LogP contribution >= 0.6 is 15.9 Å². The Morgan fingerprint density at radius 2 is 2.28 bits per heavy atom. The van der Waals surface area contributed by atoms with Gasteiger partial charge in [0.1, 0.15) is 4.60 Å². The predicted octanol–water partition coefficient (Wildman–Crippen LogP) is 0.841. The highest BCUT2D eigenvalue weighted by atomic mass is 79.9. The Kier molecular flexibility index (Phi) is 4.19. The Morgan fingerprint density at radius 1 is 1.44 bits per heavy atom. The van der Waals surface area contributed by atoms with E-state index < -0.39 is 0 Å². The summed E-state index contributed by atoms with van der Waals surface area (Å²) >= 11 is 3.23. The van der Waals surface area contributed by atoms with Gasteiger partial charge in [0.2, 0.25) is 0 Å². The zero-order valence-electron chi connectivity index (χ0n) is 9.95. The lowest BCUT2D eigenvalue weighted by Crippen LogP contribution is -2.22. The molecule has 7 nitrogen and oxygen atoms in total. The SMILES string of the molecule is CCCCn1nnnc1Cn1cc(Br)ncc1=O. The van der Waals surface area contributed by atoms with Crippen molar-refractivity contribution in [2.45, 2.75) is 32.9 Å². The van der Waals surface area contributed by atoms with Gasteiger partial charge >= 0.3 is 0 Å². The zero-order chi connectivity index (χ0) is 13.0. The number of rotatable bonds is 5. The molecule has 0 radical (unpaired) electrons. The van der Waals surface area contributed by atoms with Gasteiger partial charge in [-0.1, -0.05) is 13.3 Å². The molecule has 0 aromatic carbocycles. The molecule has 0 unspecified atom stereocenters. The monoisotopic (exact) mass is 312 g/mol. The second-order valence-corrected chi connectivity index (χ2v) is 4.66. The van der Waals surface area contributed by atoms with Gasteiger partial charge in [0, 0.05) is 12.7 Å². The third-order valence-corrected chi connectivity index (χ3v) is 2.89. The van der Waals surface area contributed by atoms with Gasteiger partial charge < -0.3 is 4.57 Å². The smallest absolute Gasteiger partial charge is 0.269 e. The summed E-state index contributed by atoms with van der Waals surface area (Å²) in [6.07, 6.45) is 4.97. The van der Waals surface area contributed by atoms with Gasteiger partial charge in [0.25, 0.3) is 5.56 Å². The molecular weight excluding hydrogens is 300 g/mol. The molecule has 8 heteroatoms. The number of aryl methyl sites for hydroxylation is 1. The minimum Gasteiger partial charge on any atom is -0.304 e. The summed E-state index contributed by atoms with van der Waals surface area (Å²) in [7, 11) is 0. The van der Waals surface area contributed by atoms with Crippen LogP contribution in [0.5, 0.6) is 0 Å². The summed E-state index contributed by atoms with van der Waals surface area (Å²) in [5, 5.41) is 11.5. The average molecular weight is 313 g/mol. The maximum Gasteiger partial charge on any atom is 0.269 e. The van der Waals surface area contributed by atoms with Crippen LogP contribution in [0.1, 0.15) is 25.6 Å². The van der Waals surface area contributed by atoms with Crippen LogP contribution in [0.15, 0.2) is 21.8 Å². The van der Waals surface area contributed by atoms with Gasteiger partial charge in [-0.15, -0.1) is 5.10 Å². The van der Waals surface area contributed by atoms with Crippen LogP contribution in [-0.4, -0.2) is 29.8 Å². The van der Waals surface area contributed by atoms with Crippen molar-refractivity contribution in [1.29, 1.82) is 0 Å². The van der Waals surface area contributed by atoms with Crippen molar-refractivity contribution in [2.75, 3.05) is 0 Å². The van der Waals surface area contributed by atoms with E-state index in [1.165, 1.54) is 10.8 Å². The molecule has 0 saturated carbocycles. The minimum absolute atomic E-state index is 0.178. The second kappa shape index (κ2) is 5.85. The number of halogens is 1. The van der Waals surface area contributed by atoms with Crippen molar-refractivity contribution in [3.05, 3.63) is 33.2 Å². The van der Waals surface area contributed by atoms with Crippen LogP contribution in [-0.2, 0) is 13.1 Å². The topological polar surface area (TPSA) is 78.5 Å². The summed E-state index contributed by atoms with van der Waals surface area (Å²) in [5.74, 6) is 0.670. The van der Waals surface area contributed by atoms with Crippen LogP contribution in [0.4, 0.5) is 0 Å². The van der Waals surface area contributed by atoms with Crippen molar-refractivity contribution < 1.29 is 0 Å². The number of unbranched alkanes of at least 4 members (excludes halogenated alkanes) is 1. The fourth-order valence-electron chi connectivity index (χ4n) is 1.51. The summed E-state index contributed by atoms with van der Waals surface area (Å²) in [6.45, 7) is 3.21. The highest BCUT2D eigenvalue weighted by molar-refractivity contribution is 9.10. The standard InChI is InChI=1S/C10H13BrN6O/c1-2-3-4-17-9(13-14-15-17)7-16-6-8(11)12-5-10(16)18/h5-6H,2-4,7H2,1H3. The fraction of sp³-hybridized carbons (Fsp3) is 0.500. The lowest BCUT2D eigenvalue weighted by atomic mass is 10.3. The van der Waals surface area contributed by atoms with E-state index in [0.717, 1.165) is 19.4 Å². The van der Waals surface area contributed by atoms with Crippen LogP contribution < -0.4 is 5.56 Å². The normalized spacial score (nSPS) is 10.8. The molecule has 2 rings (SSSR count). The Balaban J connectivity index is 2.20. The van der Waals surface area contributed by atoms with Crippen molar-refractivity contribution in [3.63, 3.8) is 0 Å². The molecule has 0 atom stereocenters. The molecule has 0 aliphatic rings. The summed E-state index contributed by atoms with van der Waals surface area (Å²) in [5.41, 5.74) is -0.178. The van der Waals surface area contributed by atoms with E-state index in [0.29, 0.717) is 17.0 Å². The molecule has 0 bridgehead atoms. The van der Waals surface area contributed by atoms with Gasteiger partial charge in [0.05, 0.1) is 12.7 Å². The number of hydrogen-bond acceptors (Lipinski definition) is 5. The summed E-state index contributed by atoms with van der Waals surface area (Å²) < 4.78 is 3.85. The van der Waals surface area contributed by atoms with E-state index >= 15 is 0 Å². The molecular formula is C10H13BrN6O. The maximum atomic E-state index is 11.6. The quantitative estimate of drug-likeness (QED) is 0.817. The fourth-order valence-corrected chi connectivity index (χ4v) is 1.86. The van der Waals surface area contributed by atoms with Crippen molar-refractivity contribution in [3.8, 4) is 0 Å². The highest BCUT2D eigenvalue weighted by Gasteiger charge is 2.07. The molecule has 0 aliphatic carbocycles. The molecule has 0 N–H and O–H groups in total. The molecule has 0 amide bonds. The second-order valence-electron chi connectivity index (χ2n) is 3.85. The van der Waals surface area contributed by atoms with E-state index in [1.807, 2.05) is 0 Å². The van der Waals surface area contributed by atoms with Gasteiger partial charge in [-0.2, -0.15) is 0 Å². The van der Waals surface area contributed by atoms with E-state index in [4.69, 9.17) is 0 Å². The molecule has 2 heterocycles. The average Bonchev–Trinajstić information content (AvgIpc) is 2.79. The number of nitrogens with zero attached hydrogens (tertiary/aromatic N) is 6. The van der Waals surface area contributed by atoms with Gasteiger partial charge in [-0.05, 0) is 32.8 Å². The first-order valence-corrected chi connectivity index (χ1v) is 6.47. The van der Waals surface area contributed by atoms with E-state index in [2.05, 4.69) is 43.4 Å². The Labute approximate surface area is 112 Å². The van der Waals surface area contributed by atoms with E-state index in [1.54, 1.807) is 10.9 Å². The van der Waals surface area contributed by atoms with E-state index in [9.17, 15) is 4.79 Å².